The van der Waals surface area contributed by atoms with Gasteiger partial charge in [-0.25, -0.2) is 8.42 Å². The van der Waals surface area contributed by atoms with Crippen LogP contribution in [0.1, 0.15) is 19.7 Å². The molecule has 0 atom stereocenters. The van der Waals surface area contributed by atoms with E-state index in [2.05, 4.69) is 15.1 Å². The molecule has 2 rings (SSSR count). The van der Waals surface area contributed by atoms with Gasteiger partial charge in [-0.1, -0.05) is 25.1 Å². The summed E-state index contributed by atoms with van der Waals surface area (Å²) in [6.45, 7) is 5.43. The standard InChI is InChI=1S/C21H26F3N5O5S/c1-4-29(5-2)9-10-33-18(30)13-26-16(12-17(25)21(22,23)24)19-27-20(34-28-19)14-7-6-8-15(11-14)35(3,31)32/h6-8,11-12H,4-5,9-10,13,25H2,1-3H3/b17-12-,26-16?. The van der Waals surface area contributed by atoms with Gasteiger partial charge in [0.05, 0.1) is 4.90 Å². The first kappa shape index (κ1) is 28.0. The number of nitrogens with zero attached hydrogens (tertiary/aromatic N) is 4. The Hall–Kier alpha value is -3.26. The van der Waals surface area contributed by atoms with Gasteiger partial charge in [0.1, 0.15) is 24.6 Å². The molecule has 0 saturated carbocycles. The van der Waals surface area contributed by atoms with E-state index < -0.39 is 39.9 Å². The second kappa shape index (κ2) is 11.9. The molecule has 0 amide bonds. The van der Waals surface area contributed by atoms with Crippen molar-refractivity contribution in [1.82, 2.24) is 15.0 Å². The van der Waals surface area contributed by atoms with Gasteiger partial charge in [-0.2, -0.15) is 18.2 Å². The average Bonchev–Trinajstić information content (AvgIpc) is 3.28. The van der Waals surface area contributed by atoms with Gasteiger partial charge in [-0.05, 0) is 37.4 Å². The number of aliphatic imine (C=N–C) groups is 1. The number of ether oxygens (including phenoxy) is 1. The highest BCUT2D eigenvalue weighted by molar-refractivity contribution is 7.90. The summed E-state index contributed by atoms with van der Waals surface area (Å²) >= 11 is 0. The zero-order valence-electron chi connectivity index (χ0n) is 19.4. The van der Waals surface area contributed by atoms with Gasteiger partial charge in [0.25, 0.3) is 5.89 Å². The Morgan fingerprint density at radius 2 is 1.97 bits per heavy atom. The maximum absolute atomic E-state index is 13.0. The maximum atomic E-state index is 13.0. The van der Waals surface area contributed by atoms with Crippen molar-refractivity contribution >= 4 is 21.5 Å². The number of hydrogen-bond donors (Lipinski definition) is 1. The number of carbonyl (C=O) groups excluding carboxylic acids is 1. The Labute approximate surface area is 200 Å². The molecule has 0 radical (unpaired) electrons. The van der Waals surface area contributed by atoms with Gasteiger partial charge < -0.3 is 19.9 Å². The lowest BCUT2D eigenvalue weighted by Gasteiger charge is -2.17. The molecule has 14 heteroatoms. The summed E-state index contributed by atoms with van der Waals surface area (Å²) in [5, 5.41) is 3.61. The van der Waals surface area contributed by atoms with E-state index in [0.717, 1.165) is 19.3 Å². The number of aromatic nitrogens is 2. The van der Waals surface area contributed by atoms with Crippen LogP contribution in [0.5, 0.6) is 0 Å². The first-order chi connectivity index (χ1) is 16.3. The van der Waals surface area contributed by atoms with Crippen molar-refractivity contribution in [2.45, 2.75) is 24.9 Å². The number of sulfone groups is 1. The van der Waals surface area contributed by atoms with Gasteiger partial charge in [0.2, 0.25) is 5.82 Å². The topological polar surface area (TPSA) is 141 Å². The first-order valence-electron chi connectivity index (χ1n) is 10.5. The van der Waals surface area contributed by atoms with Crippen LogP contribution >= 0.6 is 0 Å². The molecule has 192 valence electrons. The van der Waals surface area contributed by atoms with Crippen LogP contribution in [0, 0.1) is 0 Å². The third-order valence-electron chi connectivity index (χ3n) is 4.73. The van der Waals surface area contributed by atoms with Crippen molar-refractivity contribution in [2.24, 2.45) is 10.7 Å². The minimum atomic E-state index is -4.86. The van der Waals surface area contributed by atoms with E-state index in [4.69, 9.17) is 15.0 Å². The zero-order chi connectivity index (χ0) is 26.2. The second-order valence-corrected chi connectivity index (χ2v) is 9.29. The van der Waals surface area contributed by atoms with E-state index in [1.165, 1.54) is 24.3 Å². The summed E-state index contributed by atoms with van der Waals surface area (Å²) in [7, 11) is -3.53. The van der Waals surface area contributed by atoms with E-state index in [0.29, 0.717) is 12.6 Å². The molecule has 35 heavy (non-hydrogen) atoms. The molecular weight excluding hydrogens is 491 g/mol. The number of esters is 1. The predicted molar refractivity (Wildman–Crippen MR) is 121 cm³/mol. The SMILES string of the molecule is CCN(CC)CCOC(=O)CN=C(/C=C(\N)C(F)(F)F)c1noc(-c2cccc(S(C)(=O)=O)c2)n1. The number of rotatable bonds is 11. The lowest BCUT2D eigenvalue weighted by atomic mass is 10.2. The number of alkyl halides is 3. The molecule has 0 unspecified atom stereocenters. The molecule has 1 aromatic heterocycles. The van der Waals surface area contributed by atoms with E-state index in [1.54, 1.807) is 0 Å². The van der Waals surface area contributed by atoms with Crippen molar-refractivity contribution in [1.29, 1.82) is 0 Å². The summed E-state index contributed by atoms with van der Waals surface area (Å²) in [5.41, 5.74) is 3.37. The normalized spacial score (nSPS) is 13.3. The Morgan fingerprint density at radius 1 is 1.29 bits per heavy atom. The molecule has 0 saturated heterocycles. The number of likely N-dealkylation sites (N-methyl/N-ethyl adjacent to an activating group) is 1. The fraction of sp³-hybridized carbons (Fsp3) is 0.429. The van der Waals surface area contributed by atoms with Gasteiger partial charge in [0, 0.05) is 18.4 Å². The number of hydrogen-bond acceptors (Lipinski definition) is 10. The Bertz CT molecular complexity index is 1190. The number of benzene rings is 1. The third-order valence-corrected chi connectivity index (χ3v) is 5.84. The van der Waals surface area contributed by atoms with Crippen molar-refractivity contribution in [2.75, 3.05) is 39.0 Å². The van der Waals surface area contributed by atoms with Crippen molar-refractivity contribution < 1.29 is 35.6 Å². The molecule has 0 spiro atoms. The van der Waals surface area contributed by atoms with Gasteiger partial charge >= 0.3 is 12.1 Å². The highest BCUT2D eigenvalue weighted by Gasteiger charge is 2.32. The molecule has 2 aromatic rings. The number of allylic oxidation sites excluding steroid dienone is 2. The minimum absolute atomic E-state index is 0.0164. The molecule has 10 nitrogen and oxygen atoms in total. The highest BCUT2D eigenvalue weighted by atomic mass is 32.2. The van der Waals surface area contributed by atoms with Gasteiger partial charge in [-0.15, -0.1) is 0 Å². The Kier molecular flexibility index (Phi) is 9.54. The zero-order valence-corrected chi connectivity index (χ0v) is 20.2. The summed E-state index contributed by atoms with van der Waals surface area (Å²) in [5.74, 6) is -1.31. The molecule has 0 bridgehead atoms. The van der Waals surface area contributed by atoms with E-state index in [9.17, 15) is 26.4 Å². The largest absolute Gasteiger partial charge is 0.463 e. The van der Waals surface area contributed by atoms with Crippen LogP contribution in [0.3, 0.4) is 0 Å². The summed E-state index contributed by atoms with van der Waals surface area (Å²) in [4.78, 5) is 21.9. The Morgan fingerprint density at radius 3 is 2.57 bits per heavy atom. The van der Waals surface area contributed by atoms with Crippen LogP contribution in [0.4, 0.5) is 13.2 Å². The average molecular weight is 518 g/mol. The fourth-order valence-corrected chi connectivity index (χ4v) is 3.41. The Balaban J connectivity index is 2.29. The highest BCUT2D eigenvalue weighted by Crippen LogP contribution is 2.23. The molecule has 2 N–H and O–H groups in total. The van der Waals surface area contributed by atoms with Crippen LogP contribution in [0.2, 0.25) is 0 Å². The quantitative estimate of drug-likeness (QED) is 0.351. The van der Waals surface area contributed by atoms with E-state index >= 15 is 0 Å². The van der Waals surface area contributed by atoms with Crippen molar-refractivity contribution in [3.05, 3.63) is 41.9 Å². The summed E-state index contributed by atoms with van der Waals surface area (Å²) < 4.78 is 72.7. The fourth-order valence-electron chi connectivity index (χ4n) is 2.74. The van der Waals surface area contributed by atoms with Crippen LogP contribution < -0.4 is 5.73 Å². The van der Waals surface area contributed by atoms with Crippen molar-refractivity contribution in [3.63, 3.8) is 0 Å². The van der Waals surface area contributed by atoms with Gasteiger partial charge in [-0.3, -0.25) is 9.79 Å². The molecule has 0 aliphatic heterocycles. The smallest absolute Gasteiger partial charge is 0.430 e. The van der Waals surface area contributed by atoms with E-state index in [-0.39, 0.29) is 28.8 Å². The number of halogens is 3. The molecule has 1 heterocycles. The molecule has 0 aliphatic carbocycles. The van der Waals surface area contributed by atoms with Crippen molar-refractivity contribution in [3.8, 4) is 11.5 Å². The monoisotopic (exact) mass is 517 g/mol. The molecule has 0 aliphatic rings. The lowest BCUT2D eigenvalue weighted by Crippen LogP contribution is -2.28. The lowest BCUT2D eigenvalue weighted by molar-refractivity contribution is -0.142. The summed E-state index contributed by atoms with van der Waals surface area (Å²) in [6, 6.07) is 5.56. The molecular formula is C21H26F3N5O5S. The van der Waals surface area contributed by atoms with Crippen LogP contribution in [-0.2, 0) is 19.4 Å². The number of nitrogens with two attached hydrogens (primary N) is 1. The first-order valence-corrected chi connectivity index (χ1v) is 12.4. The predicted octanol–water partition coefficient (Wildman–Crippen LogP) is 2.22. The van der Waals surface area contributed by atoms with Crippen LogP contribution in [0.25, 0.3) is 11.5 Å². The molecule has 1 aromatic carbocycles. The van der Waals surface area contributed by atoms with Crippen LogP contribution in [-0.4, -0.2) is 80.4 Å². The summed E-state index contributed by atoms with van der Waals surface area (Å²) in [6.07, 6.45) is -3.37. The number of carbonyl (C=O) groups is 1. The van der Waals surface area contributed by atoms with Crippen LogP contribution in [0.15, 0.2) is 50.4 Å². The van der Waals surface area contributed by atoms with E-state index in [1.807, 2.05) is 18.7 Å². The minimum Gasteiger partial charge on any atom is -0.463 e. The molecule has 0 fully saturated rings. The third kappa shape index (κ3) is 8.47. The maximum Gasteiger partial charge on any atom is 0.430 e. The van der Waals surface area contributed by atoms with Gasteiger partial charge in [0.15, 0.2) is 9.84 Å². The second-order valence-electron chi connectivity index (χ2n) is 7.27.